The van der Waals surface area contributed by atoms with Gasteiger partial charge in [-0.3, -0.25) is 14.4 Å². The summed E-state index contributed by atoms with van der Waals surface area (Å²) in [6, 6.07) is -0.659. The maximum atomic E-state index is 12.9. The molecule has 0 aromatic rings. The van der Waals surface area contributed by atoms with E-state index >= 15 is 0 Å². The van der Waals surface area contributed by atoms with Gasteiger partial charge in [0.2, 0.25) is 6.41 Å². The van der Waals surface area contributed by atoms with Crippen LogP contribution in [0.15, 0.2) is 0 Å². The third kappa shape index (κ3) is 9.94. The van der Waals surface area contributed by atoms with Crippen LogP contribution in [0.25, 0.3) is 0 Å². The molecule has 2 amide bonds. The number of nitrogens with one attached hydrogen (secondary N) is 1. The predicted molar refractivity (Wildman–Crippen MR) is 125 cm³/mol. The smallest absolute Gasteiger partial charge is 0.415 e. The number of nitrogens with zero attached hydrogens (tertiary/aromatic N) is 1. The largest absolute Gasteiger partial charge is 0.471 e. The van der Waals surface area contributed by atoms with Gasteiger partial charge in [0.1, 0.15) is 0 Å². The second-order valence-electron chi connectivity index (χ2n) is 11.4. The molecule has 0 aliphatic heterocycles. The lowest BCUT2D eigenvalue weighted by Gasteiger charge is -2.48. The zero-order valence-electron chi connectivity index (χ0n) is 21.4. The zero-order valence-corrected chi connectivity index (χ0v) is 22.6. The van der Waals surface area contributed by atoms with Crippen molar-refractivity contribution in [3.8, 4) is 0 Å². The van der Waals surface area contributed by atoms with E-state index in [4.69, 9.17) is 9.26 Å². The molecule has 10 heteroatoms. The number of alkyl halides is 3. The van der Waals surface area contributed by atoms with Gasteiger partial charge >= 0.3 is 12.1 Å². The number of carbonyl (C=O) groups is 2. The van der Waals surface area contributed by atoms with Crippen molar-refractivity contribution in [2.75, 3.05) is 6.54 Å². The number of rotatable bonds is 10. The van der Waals surface area contributed by atoms with Gasteiger partial charge in [-0.1, -0.05) is 40.0 Å². The number of hydrogen-bond donors (Lipinski definition) is 1. The van der Waals surface area contributed by atoms with Gasteiger partial charge < -0.3 is 9.74 Å². The fourth-order valence-electron chi connectivity index (χ4n) is 4.51. The first kappa shape index (κ1) is 29.9. The van der Waals surface area contributed by atoms with Crippen molar-refractivity contribution in [1.82, 2.24) is 10.4 Å². The van der Waals surface area contributed by atoms with Crippen molar-refractivity contribution in [3.05, 3.63) is 0 Å². The van der Waals surface area contributed by atoms with Gasteiger partial charge in [0, 0.05) is 12.5 Å². The highest BCUT2D eigenvalue weighted by Crippen LogP contribution is 2.39. The van der Waals surface area contributed by atoms with Crippen LogP contribution in [0.3, 0.4) is 0 Å². The molecule has 0 aromatic carbocycles. The molecule has 6 nitrogen and oxygen atoms in total. The van der Waals surface area contributed by atoms with Gasteiger partial charge in [-0.2, -0.15) is 13.2 Å². The van der Waals surface area contributed by atoms with Crippen LogP contribution in [-0.2, 0) is 18.9 Å². The second-order valence-corrected chi connectivity index (χ2v) is 13.8. The van der Waals surface area contributed by atoms with E-state index in [1.807, 2.05) is 54.6 Å². The SMILES string of the molecule is C[SiH](C)OC(C1CCCCC1)C(C(CNC(=O)C(F)(F)F)C(C)(C)C)N(C=O)OC(C)(C)C. The average molecular weight is 497 g/mol. The van der Waals surface area contributed by atoms with E-state index in [-0.39, 0.29) is 12.5 Å². The van der Waals surface area contributed by atoms with E-state index < -0.39 is 50.2 Å². The van der Waals surface area contributed by atoms with E-state index in [0.717, 1.165) is 32.1 Å². The Morgan fingerprint density at radius 1 is 1.09 bits per heavy atom. The Balaban J connectivity index is 3.50. The standard InChI is InChI=1S/C23H43F3N2O4Si/c1-21(2,3)17(14-27-20(30)23(24,25)26)18(28(15-29)32-22(4,5)6)19(31-33(7)8)16-12-10-9-11-13-16/h15-19,33H,9-14H2,1-8H3,(H,27,30). The molecule has 0 radical (unpaired) electrons. The molecular formula is C23H43F3N2O4Si. The van der Waals surface area contributed by atoms with Crippen LogP contribution < -0.4 is 5.32 Å². The molecule has 3 unspecified atom stereocenters. The lowest BCUT2D eigenvalue weighted by molar-refractivity contribution is -0.257. The highest BCUT2D eigenvalue weighted by atomic mass is 28.3. The van der Waals surface area contributed by atoms with Crippen LogP contribution >= 0.6 is 0 Å². The summed E-state index contributed by atoms with van der Waals surface area (Å²) in [6.07, 6.45) is 0.304. The minimum atomic E-state index is -4.98. The van der Waals surface area contributed by atoms with Gasteiger partial charge in [0.15, 0.2) is 9.04 Å². The normalized spacial score (nSPS) is 19.2. The molecule has 1 aliphatic carbocycles. The summed E-state index contributed by atoms with van der Waals surface area (Å²) in [4.78, 5) is 30.0. The predicted octanol–water partition coefficient (Wildman–Crippen LogP) is 4.83. The first-order valence-electron chi connectivity index (χ1n) is 11.9. The molecule has 1 N–H and O–H groups in total. The van der Waals surface area contributed by atoms with Crippen LogP contribution in [-0.4, -0.2) is 56.9 Å². The Labute approximate surface area is 198 Å². The van der Waals surface area contributed by atoms with Crippen LogP contribution in [0.2, 0.25) is 13.1 Å². The molecule has 1 rings (SSSR count). The summed E-state index contributed by atoms with van der Waals surface area (Å²) < 4.78 is 45.4. The zero-order chi connectivity index (χ0) is 25.6. The molecule has 33 heavy (non-hydrogen) atoms. The molecule has 194 valence electrons. The van der Waals surface area contributed by atoms with E-state index in [9.17, 15) is 22.8 Å². The Morgan fingerprint density at radius 2 is 1.64 bits per heavy atom. The van der Waals surface area contributed by atoms with Crippen molar-refractivity contribution in [3.63, 3.8) is 0 Å². The Bertz CT molecular complexity index is 627. The number of halogens is 3. The molecule has 0 spiro atoms. The minimum Gasteiger partial charge on any atom is -0.415 e. The fourth-order valence-corrected chi connectivity index (χ4v) is 5.52. The Morgan fingerprint density at radius 3 is 2.03 bits per heavy atom. The molecule has 1 fully saturated rings. The summed E-state index contributed by atoms with van der Waals surface area (Å²) >= 11 is 0. The highest BCUT2D eigenvalue weighted by molar-refractivity contribution is 6.48. The van der Waals surface area contributed by atoms with Crippen LogP contribution in [0.5, 0.6) is 0 Å². The number of hydrogen-bond acceptors (Lipinski definition) is 4. The second kappa shape index (κ2) is 12.0. The number of amides is 2. The van der Waals surface area contributed by atoms with Crippen LogP contribution in [0.4, 0.5) is 13.2 Å². The number of carbonyl (C=O) groups excluding carboxylic acids is 2. The van der Waals surface area contributed by atoms with Crippen molar-refractivity contribution in [2.24, 2.45) is 17.3 Å². The van der Waals surface area contributed by atoms with Crippen molar-refractivity contribution in [1.29, 1.82) is 0 Å². The van der Waals surface area contributed by atoms with Gasteiger partial charge in [-0.25, -0.2) is 5.06 Å². The van der Waals surface area contributed by atoms with Gasteiger partial charge in [0.25, 0.3) is 0 Å². The molecule has 3 atom stereocenters. The van der Waals surface area contributed by atoms with Gasteiger partial charge in [-0.05, 0) is 58.0 Å². The summed E-state index contributed by atoms with van der Waals surface area (Å²) in [5.41, 5.74) is -1.26. The molecule has 0 saturated heterocycles. The topological polar surface area (TPSA) is 67.9 Å². The lowest BCUT2D eigenvalue weighted by Crippen LogP contribution is -2.59. The van der Waals surface area contributed by atoms with Crippen molar-refractivity contribution in [2.45, 2.75) is 111 Å². The molecule has 0 aromatic heterocycles. The minimum absolute atomic E-state index is 0.160. The van der Waals surface area contributed by atoms with Crippen LogP contribution in [0.1, 0.15) is 73.6 Å². The fraction of sp³-hybridized carbons (Fsp3) is 0.913. The molecule has 0 bridgehead atoms. The van der Waals surface area contributed by atoms with E-state index in [1.165, 1.54) is 5.06 Å². The maximum absolute atomic E-state index is 12.9. The summed E-state index contributed by atoms with van der Waals surface area (Å²) in [7, 11) is -1.59. The van der Waals surface area contributed by atoms with Crippen LogP contribution in [0, 0.1) is 17.3 Å². The first-order chi connectivity index (χ1) is 15.0. The Kier molecular flexibility index (Phi) is 10.9. The highest BCUT2D eigenvalue weighted by Gasteiger charge is 2.47. The lowest BCUT2D eigenvalue weighted by atomic mass is 9.70. The van der Waals surface area contributed by atoms with Crippen molar-refractivity contribution < 1.29 is 32.0 Å². The van der Waals surface area contributed by atoms with E-state index in [2.05, 4.69) is 5.32 Å². The molecule has 0 heterocycles. The van der Waals surface area contributed by atoms with Gasteiger partial charge in [-0.15, -0.1) is 0 Å². The van der Waals surface area contributed by atoms with E-state index in [1.54, 1.807) is 0 Å². The Hall–Kier alpha value is -1.13. The van der Waals surface area contributed by atoms with Crippen molar-refractivity contribution >= 4 is 21.4 Å². The average Bonchev–Trinajstić information content (AvgIpc) is 2.66. The quantitative estimate of drug-likeness (QED) is 0.267. The third-order valence-corrected chi connectivity index (χ3v) is 6.78. The summed E-state index contributed by atoms with van der Waals surface area (Å²) in [5, 5.41) is 3.30. The molecule has 1 aliphatic rings. The number of hydroxylamine groups is 2. The monoisotopic (exact) mass is 496 g/mol. The summed E-state index contributed by atoms with van der Waals surface area (Å²) in [5.74, 6) is -2.37. The maximum Gasteiger partial charge on any atom is 0.471 e. The van der Waals surface area contributed by atoms with Gasteiger partial charge in [0.05, 0.1) is 17.7 Å². The third-order valence-electron chi connectivity index (χ3n) is 5.92. The first-order valence-corrected chi connectivity index (χ1v) is 14.7. The molecule has 1 saturated carbocycles. The summed E-state index contributed by atoms with van der Waals surface area (Å²) in [6.45, 7) is 15.0. The molecular weight excluding hydrogens is 453 g/mol. The van der Waals surface area contributed by atoms with E-state index in [0.29, 0.717) is 6.41 Å².